The van der Waals surface area contributed by atoms with Crippen molar-refractivity contribution in [3.8, 4) is 22.3 Å². The summed E-state index contributed by atoms with van der Waals surface area (Å²) in [6.07, 6.45) is 0. The molecule has 0 atom stereocenters. The Hall–Kier alpha value is -7.36. The van der Waals surface area contributed by atoms with Gasteiger partial charge in [-0.1, -0.05) is 152 Å². The molecule has 0 aliphatic carbocycles. The molecule has 55 heavy (non-hydrogen) atoms. The molecule has 1 aromatic heterocycles. The van der Waals surface area contributed by atoms with E-state index >= 15 is 0 Å². The van der Waals surface area contributed by atoms with E-state index in [9.17, 15) is 0 Å². The lowest BCUT2D eigenvalue weighted by Gasteiger charge is -2.29. The molecule has 0 radical (unpaired) electrons. The highest BCUT2D eigenvalue weighted by Crippen LogP contribution is 2.48. The first-order valence-electron chi connectivity index (χ1n) is 18.7. The van der Waals surface area contributed by atoms with Gasteiger partial charge in [-0.2, -0.15) is 0 Å². The van der Waals surface area contributed by atoms with Crippen LogP contribution in [0.1, 0.15) is 0 Å². The van der Waals surface area contributed by atoms with E-state index in [-0.39, 0.29) is 0 Å². The molecule has 9 aromatic carbocycles. The van der Waals surface area contributed by atoms with Crippen LogP contribution in [0.4, 0.5) is 34.1 Å². The smallest absolute Gasteiger partial charge is 0.159 e. The van der Waals surface area contributed by atoms with Gasteiger partial charge < -0.3 is 14.2 Å². The number of hydrogen-bond acceptors (Lipinski definition) is 3. The van der Waals surface area contributed by atoms with Gasteiger partial charge in [-0.25, -0.2) is 0 Å². The first kappa shape index (κ1) is 32.3. The van der Waals surface area contributed by atoms with Crippen molar-refractivity contribution in [3.05, 3.63) is 218 Å². The standard InChI is InChI=1S/C52H36N2O/c1-5-15-37(16-6-1)39-25-30-44(31-26-39)53(42-20-9-3-10-21-42)46-35-49-48-34-29-41-19-13-14-24-47(41)51(48)55-52(49)50(36-46)54(43-22-11-4-12-23-43)45-32-27-40(28-33-45)38-17-7-2-8-18-38/h1-36H. The molecule has 0 spiro atoms. The fourth-order valence-corrected chi connectivity index (χ4v) is 7.76. The van der Waals surface area contributed by atoms with Crippen LogP contribution >= 0.6 is 0 Å². The molecule has 10 rings (SSSR count). The lowest BCUT2D eigenvalue weighted by Crippen LogP contribution is -2.13. The molecule has 260 valence electrons. The van der Waals surface area contributed by atoms with Gasteiger partial charge in [0.2, 0.25) is 0 Å². The summed E-state index contributed by atoms with van der Waals surface area (Å²) in [6, 6.07) is 77.4. The van der Waals surface area contributed by atoms with Crippen molar-refractivity contribution < 1.29 is 4.42 Å². The number of rotatable bonds is 8. The summed E-state index contributed by atoms with van der Waals surface area (Å²) < 4.78 is 7.06. The Morgan fingerprint density at radius 1 is 0.273 bits per heavy atom. The lowest BCUT2D eigenvalue weighted by atomic mass is 10.0. The van der Waals surface area contributed by atoms with E-state index in [2.05, 4.69) is 228 Å². The Balaban J connectivity index is 1.23. The number of para-hydroxylation sites is 2. The van der Waals surface area contributed by atoms with Crippen LogP contribution in [0.5, 0.6) is 0 Å². The van der Waals surface area contributed by atoms with E-state index in [1.807, 2.05) is 0 Å². The van der Waals surface area contributed by atoms with Crippen molar-refractivity contribution in [2.24, 2.45) is 0 Å². The second kappa shape index (κ2) is 13.9. The third-order valence-electron chi connectivity index (χ3n) is 10.4. The molecule has 0 amide bonds. The highest BCUT2D eigenvalue weighted by atomic mass is 16.3. The van der Waals surface area contributed by atoms with E-state index in [0.29, 0.717) is 0 Å². The van der Waals surface area contributed by atoms with Gasteiger partial charge in [0, 0.05) is 44.6 Å². The number of nitrogens with zero attached hydrogens (tertiary/aromatic N) is 2. The normalized spacial score (nSPS) is 11.3. The molecule has 1 heterocycles. The van der Waals surface area contributed by atoms with E-state index in [1.165, 1.54) is 22.3 Å². The summed E-state index contributed by atoms with van der Waals surface area (Å²) in [7, 11) is 0. The van der Waals surface area contributed by atoms with Crippen LogP contribution < -0.4 is 9.80 Å². The molecule has 10 aromatic rings. The molecule has 0 aliphatic rings. The van der Waals surface area contributed by atoms with Crippen LogP contribution in [0.15, 0.2) is 223 Å². The maximum Gasteiger partial charge on any atom is 0.159 e. The van der Waals surface area contributed by atoms with Gasteiger partial charge in [0.05, 0.1) is 5.69 Å². The van der Waals surface area contributed by atoms with Gasteiger partial charge in [-0.15, -0.1) is 0 Å². The Bertz CT molecular complexity index is 2890. The zero-order valence-electron chi connectivity index (χ0n) is 30.1. The van der Waals surface area contributed by atoms with E-state index in [4.69, 9.17) is 4.42 Å². The molecule has 0 bridgehead atoms. The predicted molar refractivity (Wildman–Crippen MR) is 231 cm³/mol. The number of fused-ring (bicyclic) bond motifs is 5. The van der Waals surface area contributed by atoms with Gasteiger partial charge in [0.1, 0.15) is 5.58 Å². The van der Waals surface area contributed by atoms with Crippen molar-refractivity contribution >= 4 is 66.8 Å². The summed E-state index contributed by atoms with van der Waals surface area (Å²) in [5.41, 5.74) is 12.6. The largest absolute Gasteiger partial charge is 0.453 e. The van der Waals surface area contributed by atoms with Gasteiger partial charge in [0.15, 0.2) is 5.58 Å². The summed E-state index contributed by atoms with van der Waals surface area (Å²) in [4.78, 5) is 4.67. The van der Waals surface area contributed by atoms with Crippen LogP contribution in [-0.2, 0) is 0 Å². The Kier molecular flexibility index (Phi) is 8.16. The van der Waals surface area contributed by atoms with Crippen molar-refractivity contribution in [2.45, 2.75) is 0 Å². The maximum atomic E-state index is 7.06. The number of hydrogen-bond donors (Lipinski definition) is 0. The highest BCUT2D eigenvalue weighted by Gasteiger charge is 2.24. The van der Waals surface area contributed by atoms with E-state index < -0.39 is 0 Å². The van der Waals surface area contributed by atoms with Crippen molar-refractivity contribution in [1.29, 1.82) is 0 Å². The molecule has 0 N–H and O–H groups in total. The Morgan fingerprint density at radius 2 is 0.727 bits per heavy atom. The molecule has 3 heteroatoms. The van der Waals surface area contributed by atoms with Gasteiger partial charge in [0.25, 0.3) is 0 Å². The predicted octanol–water partition coefficient (Wildman–Crippen LogP) is 15.0. The molecular weight excluding hydrogens is 669 g/mol. The minimum absolute atomic E-state index is 0.832. The number of anilines is 6. The summed E-state index contributed by atoms with van der Waals surface area (Å²) in [6.45, 7) is 0. The highest BCUT2D eigenvalue weighted by molar-refractivity contribution is 6.18. The van der Waals surface area contributed by atoms with Crippen LogP contribution in [0, 0.1) is 0 Å². The van der Waals surface area contributed by atoms with Crippen LogP contribution in [0.2, 0.25) is 0 Å². The fourth-order valence-electron chi connectivity index (χ4n) is 7.76. The van der Waals surface area contributed by atoms with Crippen LogP contribution in [-0.4, -0.2) is 0 Å². The lowest BCUT2D eigenvalue weighted by molar-refractivity contribution is 0.673. The quantitative estimate of drug-likeness (QED) is 0.157. The maximum absolute atomic E-state index is 7.06. The third-order valence-corrected chi connectivity index (χ3v) is 10.4. The average Bonchev–Trinajstić information content (AvgIpc) is 3.65. The Morgan fingerprint density at radius 3 is 1.31 bits per heavy atom. The van der Waals surface area contributed by atoms with E-state index in [0.717, 1.165) is 66.8 Å². The van der Waals surface area contributed by atoms with Gasteiger partial charge in [-0.3, -0.25) is 0 Å². The van der Waals surface area contributed by atoms with Crippen molar-refractivity contribution in [3.63, 3.8) is 0 Å². The number of benzene rings is 9. The monoisotopic (exact) mass is 704 g/mol. The van der Waals surface area contributed by atoms with Gasteiger partial charge in [-0.05, 0) is 94.4 Å². The van der Waals surface area contributed by atoms with Crippen LogP contribution in [0.25, 0.3) is 55.0 Å². The van der Waals surface area contributed by atoms with E-state index in [1.54, 1.807) is 0 Å². The summed E-state index contributed by atoms with van der Waals surface area (Å²) >= 11 is 0. The molecule has 0 saturated heterocycles. The number of furan rings is 1. The zero-order valence-corrected chi connectivity index (χ0v) is 30.1. The minimum Gasteiger partial charge on any atom is -0.453 e. The molecule has 0 saturated carbocycles. The zero-order chi connectivity index (χ0) is 36.6. The van der Waals surface area contributed by atoms with Gasteiger partial charge >= 0.3 is 0 Å². The average molecular weight is 705 g/mol. The fraction of sp³-hybridized carbons (Fsp3) is 0. The Labute approximate surface area is 320 Å². The molecule has 3 nitrogen and oxygen atoms in total. The SMILES string of the molecule is c1ccc(-c2ccc(N(c3ccccc3)c3cc(N(c4ccccc4)c4ccc(-c5ccccc5)cc4)c4oc5c6ccccc6ccc5c4c3)cc2)cc1. The topological polar surface area (TPSA) is 19.6 Å². The summed E-state index contributed by atoms with van der Waals surface area (Å²) in [5.74, 6) is 0. The second-order valence-electron chi connectivity index (χ2n) is 13.8. The molecule has 0 aliphatic heterocycles. The molecule has 0 fully saturated rings. The minimum atomic E-state index is 0.832. The molecular formula is C52H36N2O. The second-order valence-corrected chi connectivity index (χ2v) is 13.8. The molecule has 0 unspecified atom stereocenters. The summed E-state index contributed by atoms with van der Waals surface area (Å²) in [5, 5.41) is 4.38. The van der Waals surface area contributed by atoms with Crippen LogP contribution in [0.3, 0.4) is 0 Å². The first-order chi connectivity index (χ1) is 27.3. The van der Waals surface area contributed by atoms with Crippen molar-refractivity contribution in [2.75, 3.05) is 9.80 Å². The first-order valence-corrected chi connectivity index (χ1v) is 18.7. The van der Waals surface area contributed by atoms with Crippen molar-refractivity contribution in [1.82, 2.24) is 0 Å². The third kappa shape index (κ3) is 5.98.